The van der Waals surface area contributed by atoms with Gasteiger partial charge in [-0.05, 0) is 49.2 Å². The zero-order chi connectivity index (χ0) is 21.0. The monoisotopic (exact) mass is 433 g/mol. The van der Waals surface area contributed by atoms with Crippen molar-refractivity contribution < 1.29 is 14.4 Å². The van der Waals surface area contributed by atoms with Crippen molar-refractivity contribution in [1.82, 2.24) is 10.2 Å². The summed E-state index contributed by atoms with van der Waals surface area (Å²) in [6.45, 7) is 2.50. The van der Waals surface area contributed by atoms with Crippen molar-refractivity contribution in [2.24, 2.45) is 0 Å². The van der Waals surface area contributed by atoms with E-state index in [9.17, 15) is 14.4 Å². The third-order valence-electron chi connectivity index (χ3n) is 4.73. The van der Waals surface area contributed by atoms with Crippen LogP contribution in [-0.4, -0.2) is 41.8 Å². The number of piperidine rings is 1. The van der Waals surface area contributed by atoms with E-state index in [1.165, 1.54) is 6.92 Å². The van der Waals surface area contributed by atoms with Crippen LogP contribution in [0.15, 0.2) is 42.5 Å². The summed E-state index contributed by atoms with van der Waals surface area (Å²) in [5.41, 5.74) is 1.56. The lowest BCUT2D eigenvalue weighted by Gasteiger charge is -2.32. The second kappa shape index (κ2) is 9.29. The predicted molar refractivity (Wildman–Crippen MR) is 114 cm³/mol. The molecule has 0 spiro atoms. The van der Waals surface area contributed by atoms with Crippen LogP contribution in [0.2, 0.25) is 10.0 Å². The summed E-state index contributed by atoms with van der Waals surface area (Å²) in [5.74, 6) is -0.490. The Balaban J connectivity index is 1.56. The fraction of sp³-hybridized carbons (Fsp3) is 0.286. The number of anilines is 1. The number of amides is 3. The lowest BCUT2D eigenvalue weighted by atomic mass is 10.0. The van der Waals surface area contributed by atoms with Gasteiger partial charge >= 0.3 is 0 Å². The van der Waals surface area contributed by atoms with Crippen molar-refractivity contribution in [2.75, 3.05) is 18.4 Å². The second-order valence-electron chi connectivity index (χ2n) is 6.93. The van der Waals surface area contributed by atoms with Crippen molar-refractivity contribution >= 4 is 46.6 Å². The molecule has 0 unspecified atom stereocenters. The van der Waals surface area contributed by atoms with E-state index < -0.39 is 0 Å². The molecule has 0 saturated carbocycles. The number of nitrogens with one attached hydrogen (secondary N) is 2. The quantitative estimate of drug-likeness (QED) is 0.764. The number of rotatable bonds is 4. The Morgan fingerprint density at radius 1 is 0.966 bits per heavy atom. The van der Waals surface area contributed by atoms with E-state index in [2.05, 4.69) is 10.6 Å². The number of likely N-dealkylation sites (tertiary alicyclic amines) is 1. The summed E-state index contributed by atoms with van der Waals surface area (Å²) in [6.07, 6.45) is 1.31. The van der Waals surface area contributed by atoms with E-state index in [-0.39, 0.29) is 23.8 Å². The van der Waals surface area contributed by atoms with Crippen molar-refractivity contribution in [2.45, 2.75) is 25.8 Å². The number of nitrogens with zero attached hydrogens (tertiary/aromatic N) is 1. The van der Waals surface area contributed by atoms with Gasteiger partial charge < -0.3 is 15.5 Å². The fourth-order valence-electron chi connectivity index (χ4n) is 3.25. The molecule has 6 nitrogen and oxygen atoms in total. The maximum Gasteiger partial charge on any atom is 0.253 e. The molecular weight excluding hydrogens is 413 g/mol. The Morgan fingerprint density at radius 3 is 2.34 bits per heavy atom. The average Bonchev–Trinajstić information content (AvgIpc) is 2.69. The van der Waals surface area contributed by atoms with Crippen LogP contribution in [0, 0.1) is 0 Å². The SMILES string of the molecule is CC(=O)Nc1cccc(C(=O)N2CCC(NC(=O)c3ccc(Cl)c(Cl)c3)CC2)c1. The minimum atomic E-state index is -0.212. The Kier molecular flexibility index (Phi) is 6.77. The van der Waals surface area contributed by atoms with Crippen LogP contribution in [-0.2, 0) is 4.79 Å². The molecule has 3 amide bonds. The molecule has 1 saturated heterocycles. The number of carbonyl (C=O) groups is 3. The zero-order valence-electron chi connectivity index (χ0n) is 15.9. The highest BCUT2D eigenvalue weighted by molar-refractivity contribution is 6.42. The van der Waals surface area contributed by atoms with Crippen molar-refractivity contribution in [3.63, 3.8) is 0 Å². The predicted octanol–water partition coefficient (Wildman–Crippen LogP) is 3.99. The van der Waals surface area contributed by atoms with Crippen LogP contribution in [0.3, 0.4) is 0 Å². The number of carbonyl (C=O) groups excluding carboxylic acids is 3. The number of hydrogen-bond donors (Lipinski definition) is 2. The minimum Gasteiger partial charge on any atom is -0.349 e. The molecule has 1 aliphatic rings. The largest absolute Gasteiger partial charge is 0.349 e. The number of halogens is 2. The molecule has 1 fully saturated rings. The van der Waals surface area contributed by atoms with Gasteiger partial charge in [0.05, 0.1) is 10.0 Å². The second-order valence-corrected chi connectivity index (χ2v) is 7.75. The molecule has 0 aromatic heterocycles. The standard InChI is InChI=1S/C21H21Cl2N3O3/c1-13(27)24-17-4-2-3-15(11-17)21(29)26-9-7-16(8-10-26)25-20(28)14-5-6-18(22)19(23)12-14/h2-6,11-12,16H,7-10H2,1H3,(H,24,27)(H,25,28). The van der Waals surface area contributed by atoms with Gasteiger partial charge in [-0.15, -0.1) is 0 Å². The normalized spacial score (nSPS) is 14.4. The first-order valence-electron chi connectivity index (χ1n) is 9.26. The average molecular weight is 434 g/mol. The molecule has 2 aromatic carbocycles. The van der Waals surface area contributed by atoms with Crippen molar-refractivity contribution in [3.8, 4) is 0 Å². The highest BCUT2D eigenvalue weighted by Gasteiger charge is 2.25. The third-order valence-corrected chi connectivity index (χ3v) is 5.47. The lowest BCUT2D eigenvalue weighted by molar-refractivity contribution is -0.114. The molecule has 1 heterocycles. The smallest absolute Gasteiger partial charge is 0.253 e. The van der Waals surface area contributed by atoms with Gasteiger partial charge in [-0.25, -0.2) is 0 Å². The van der Waals surface area contributed by atoms with Crippen LogP contribution in [0.5, 0.6) is 0 Å². The Hall–Kier alpha value is -2.57. The van der Waals surface area contributed by atoms with Gasteiger partial charge in [-0.3, -0.25) is 14.4 Å². The van der Waals surface area contributed by atoms with E-state index in [1.54, 1.807) is 47.4 Å². The van der Waals surface area contributed by atoms with E-state index in [0.717, 1.165) is 0 Å². The maximum absolute atomic E-state index is 12.8. The van der Waals surface area contributed by atoms with Crippen LogP contribution in [0.25, 0.3) is 0 Å². The van der Waals surface area contributed by atoms with Gasteiger partial charge in [0.25, 0.3) is 11.8 Å². The zero-order valence-corrected chi connectivity index (χ0v) is 17.4. The molecule has 0 bridgehead atoms. The van der Waals surface area contributed by atoms with Crippen LogP contribution in [0.1, 0.15) is 40.5 Å². The third kappa shape index (κ3) is 5.49. The summed E-state index contributed by atoms with van der Waals surface area (Å²) >= 11 is 11.9. The summed E-state index contributed by atoms with van der Waals surface area (Å²) in [5, 5.41) is 6.40. The highest BCUT2D eigenvalue weighted by Crippen LogP contribution is 2.23. The first kappa shape index (κ1) is 21.1. The van der Waals surface area contributed by atoms with Crippen molar-refractivity contribution in [1.29, 1.82) is 0 Å². The molecule has 2 N–H and O–H groups in total. The number of benzene rings is 2. The lowest BCUT2D eigenvalue weighted by Crippen LogP contribution is -2.46. The van der Waals surface area contributed by atoms with Gasteiger partial charge in [-0.1, -0.05) is 29.3 Å². The Labute approximate surface area is 179 Å². The molecule has 3 rings (SSSR count). The number of hydrogen-bond acceptors (Lipinski definition) is 3. The van der Waals surface area contributed by atoms with Crippen LogP contribution < -0.4 is 10.6 Å². The molecule has 0 radical (unpaired) electrons. The maximum atomic E-state index is 12.8. The van der Waals surface area contributed by atoms with Crippen molar-refractivity contribution in [3.05, 3.63) is 63.6 Å². The van der Waals surface area contributed by atoms with E-state index in [1.807, 2.05) is 0 Å². The van der Waals surface area contributed by atoms with Crippen LogP contribution >= 0.6 is 23.2 Å². The molecule has 0 atom stereocenters. The summed E-state index contributed by atoms with van der Waals surface area (Å²) < 4.78 is 0. The van der Waals surface area contributed by atoms with Gasteiger partial charge in [0, 0.05) is 42.9 Å². The van der Waals surface area contributed by atoms with Gasteiger partial charge in [0.15, 0.2) is 0 Å². The Morgan fingerprint density at radius 2 is 1.69 bits per heavy atom. The van der Waals surface area contributed by atoms with E-state index >= 15 is 0 Å². The fourth-order valence-corrected chi connectivity index (χ4v) is 3.55. The molecule has 1 aliphatic heterocycles. The molecule has 152 valence electrons. The highest BCUT2D eigenvalue weighted by atomic mass is 35.5. The van der Waals surface area contributed by atoms with Gasteiger partial charge in [0.1, 0.15) is 0 Å². The van der Waals surface area contributed by atoms with Gasteiger partial charge in [-0.2, -0.15) is 0 Å². The first-order valence-corrected chi connectivity index (χ1v) is 10.0. The molecular formula is C21H21Cl2N3O3. The van der Waals surface area contributed by atoms with Gasteiger partial charge in [0.2, 0.25) is 5.91 Å². The summed E-state index contributed by atoms with van der Waals surface area (Å²) in [4.78, 5) is 38.1. The summed E-state index contributed by atoms with van der Waals surface area (Å²) in [7, 11) is 0. The van der Waals surface area contributed by atoms with Crippen LogP contribution in [0.4, 0.5) is 5.69 Å². The molecule has 2 aromatic rings. The summed E-state index contributed by atoms with van der Waals surface area (Å²) in [6, 6.07) is 11.6. The Bertz CT molecular complexity index is 941. The van der Waals surface area contributed by atoms with E-state index in [4.69, 9.17) is 23.2 Å². The minimum absolute atomic E-state index is 0.0216. The molecule has 29 heavy (non-hydrogen) atoms. The molecule has 8 heteroatoms. The van der Waals surface area contributed by atoms with E-state index in [0.29, 0.717) is 52.8 Å². The topological polar surface area (TPSA) is 78.5 Å². The first-order chi connectivity index (χ1) is 13.8. The molecule has 0 aliphatic carbocycles.